The Labute approximate surface area is 237 Å². The van der Waals surface area contributed by atoms with Gasteiger partial charge in [-0.2, -0.15) is 0 Å². The van der Waals surface area contributed by atoms with E-state index >= 15 is 0 Å². The summed E-state index contributed by atoms with van der Waals surface area (Å²) in [6.07, 6.45) is 7.01. The molecule has 0 saturated carbocycles. The first-order chi connectivity index (χ1) is 18.2. The standard InChI is InChI=1S/C30H39BO3S3/c1-4-7-22-35-28-19-13-10-16-25(28)32-31(33-26-17-11-14-20-29(26)36-23-8-5-2)34-27-18-12-15-21-30(27)37-24-9-6-3/h10-21H,4-9,22-24H2,1-3H3. The lowest BCUT2D eigenvalue weighted by molar-refractivity contribution is 0.298. The monoisotopic (exact) mass is 554 g/mol. The minimum Gasteiger partial charge on any atom is -0.489 e. The van der Waals surface area contributed by atoms with E-state index in [9.17, 15) is 0 Å². The van der Waals surface area contributed by atoms with Crippen LogP contribution in [0.4, 0.5) is 0 Å². The second kappa shape index (κ2) is 17.6. The number of hydrogen-bond acceptors (Lipinski definition) is 6. The predicted octanol–water partition coefficient (Wildman–Crippen LogP) is 9.88. The number of unbranched alkanes of at least 4 members (excludes halogenated alkanes) is 3. The number of hydrogen-bond donors (Lipinski definition) is 0. The van der Waals surface area contributed by atoms with Gasteiger partial charge in [-0.05, 0) is 72.9 Å². The maximum absolute atomic E-state index is 6.46. The van der Waals surface area contributed by atoms with Gasteiger partial charge in [0.05, 0.1) is 0 Å². The molecule has 0 atom stereocenters. The highest BCUT2D eigenvalue weighted by Crippen LogP contribution is 2.35. The van der Waals surface area contributed by atoms with Crippen molar-refractivity contribution in [2.45, 2.75) is 74.0 Å². The van der Waals surface area contributed by atoms with Crippen molar-refractivity contribution in [1.82, 2.24) is 0 Å². The molecular formula is C30H39BO3S3. The van der Waals surface area contributed by atoms with Crippen molar-refractivity contribution in [3.8, 4) is 17.2 Å². The molecule has 198 valence electrons. The van der Waals surface area contributed by atoms with Crippen LogP contribution in [-0.2, 0) is 0 Å². The van der Waals surface area contributed by atoms with Gasteiger partial charge >= 0.3 is 7.32 Å². The van der Waals surface area contributed by atoms with E-state index in [1.54, 1.807) is 0 Å². The molecule has 3 aromatic carbocycles. The van der Waals surface area contributed by atoms with Crippen molar-refractivity contribution in [2.24, 2.45) is 0 Å². The molecule has 37 heavy (non-hydrogen) atoms. The Kier molecular flexibility index (Phi) is 14.2. The molecule has 0 spiro atoms. The van der Waals surface area contributed by atoms with Gasteiger partial charge in [-0.1, -0.05) is 76.4 Å². The average Bonchev–Trinajstić information content (AvgIpc) is 2.92. The summed E-state index contributed by atoms with van der Waals surface area (Å²) in [5.41, 5.74) is 0. The maximum atomic E-state index is 6.46. The molecule has 0 aromatic heterocycles. The van der Waals surface area contributed by atoms with E-state index < -0.39 is 7.32 Å². The average molecular weight is 555 g/mol. The SMILES string of the molecule is CCCCSc1ccccc1OB(Oc1ccccc1SCCCC)Oc1ccccc1SCCCC. The van der Waals surface area contributed by atoms with Crippen LogP contribution in [0.5, 0.6) is 17.2 Å². The van der Waals surface area contributed by atoms with Crippen LogP contribution >= 0.6 is 35.3 Å². The lowest BCUT2D eigenvalue weighted by atomic mass is 10.2. The Balaban J connectivity index is 1.86. The molecule has 0 aliphatic heterocycles. The van der Waals surface area contributed by atoms with Crippen LogP contribution in [0.2, 0.25) is 0 Å². The molecule has 0 aliphatic carbocycles. The molecular weight excluding hydrogens is 515 g/mol. The maximum Gasteiger partial charge on any atom is 0.864 e. The largest absolute Gasteiger partial charge is 0.864 e. The first kappa shape index (κ1) is 29.7. The highest BCUT2D eigenvalue weighted by atomic mass is 32.2. The molecule has 0 unspecified atom stereocenters. The van der Waals surface area contributed by atoms with E-state index in [4.69, 9.17) is 14.0 Å². The summed E-state index contributed by atoms with van der Waals surface area (Å²) in [5, 5.41) is 0. The van der Waals surface area contributed by atoms with Gasteiger partial charge in [0.1, 0.15) is 17.2 Å². The van der Waals surface area contributed by atoms with Crippen molar-refractivity contribution in [2.75, 3.05) is 17.3 Å². The molecule has 0 amide bonds. The van der Waals surface area contributed by atoms with E-state index in [1.807, 2.05) is 71.7 Å². The predicted molar refractivity (Wildman–Crippen MR) is 164 cm³/mol. The fourth-order valence-electron chi connectivity index (χ4n) is 3.36. The Hall–Kier alpha value is -1.83. The van der Waals surface area contributed by atoms with E-state index in [1.165, 1.54) is 38.5 Å². The first-order valence-corrected chi connectivity index (χ1v) is 16.4. The summed E-state index contributed by atoms with van der Waals surface area (Å²) >= 11 is 5.45. The van der Waals surface area contributed by atoms with Gasteiger partial charge < -0.3 is 14.0 Å². The molecule has 0 saturated heterocycles. The van der Waals surface area contributed by atoms with Crippen LogP contribution in [0.1, 0.15) is 59.3 Å². The van der Waals surface area contributed by atoms with Gasteiger partial charge in [-0.3, -0.25) is 0 Å². The number of para-hydroxylation sites is 3. The zero-order valence-corrected chi connectivity index (χ0v) is 24.8. The summed E-state index contributed by atoms with van der Waals surface area (Å²) in [6, 6.07) is 24.5. The van der Waals surface area contributed by atoms with Crippen LogP contribution in [0.15, 0.2) is 87.5 Å². The smallest absolute Gasteiger partial charge is 0.489 e. The van der Waals surface area contributed by atoms with Gasteiger partial charge in [-0.15, -0.1) is 35.3 Å². The first-order valence-electron chi connectivity index (χ1n) is 13.4. The number of thioether (sulfide) groups is 3. The van der Waals surface area contributed by atoms with E-state index in [0.717, 1.165) is 49.2 Å². The van der Waals surface area contributed by atoms with E-state index in [2.05, 4.69) is 57.2 Å². The zero-order chi connectivity index (χ0) is 26.1. The third-order valence-corrected chi connectivity index (χ3v) is 8.91. The Morgan fingerprint density at radius 3 is 1.08 bits per heavy atom. The Morgan fingerprint density at radius 2 is 0.784 bits per heavy atom. The Morgan fingerprint density at radius 1 is 0.486 bits per heavy atom. The number of benzene rings is 3. The normalized spacial score (nSPS) is 10.8. The summed E-state index contributed by atoms with van der Waals surface area (Å²) in [5.74, 6) is 5.49. The number of rotatable bonds is 18. The van der Waals surface area contributed by atoms with E-state index in [-0.39, 0.29) is 0 Å². The van der Waals surface area contributed by atoms with Crippen molar-refractivity contribution < 1.29 is 14.0 Å². The van der Waals surface area contributed by atoms with Crippen molar-refractivity contribution in [3.63, 3.8) is 0 Å². The minimum absolute atomic E-state index is 0.779. The molecule has 0 bridgehead atoms. The molecule has 0 fully saturated rings. The lowest BCUT2D eigenvalue weighted by Gasteiger charge is -2.20. The van der Waals surface area contributed by atoms with E-state index in [0.29, 0.717) is 0 Å². The molecule has 0 radical (unpaired) electrons. The lowest BCUT2D eigenvalue weighted by Crippen LogP contribution is -2.37. The van der Waals surface area contributed by atoms with Crippen molar-refractivity contribution in [3.05, 3.63) is 72.8 Å². The molecule has 3 nitrogen and oxygen atoms in total. The van der Waals surface area contributed by atoms with Crippen LogP contribution in [0.3, 0.4) is 0 Å². The zero-order valence-electron chi connectivity index (χ0n) is 22.3. The molecule has 3 rings (SSSR count). The topological polar surface area (TPSA) is 27.7 Å². The van der Waals surface area contributed by atoms with Crippen LogP contribution < -0.4 is 14.0 Å². The fraction of sp³-hybridized carbons (Fsp3) is 0.400. The molecule has 0 N–H and O–H groups in total. The fourth-order valence-corrected chi connectivity index (χ4v) is 6.62. The second-order valence-electron chi connectivity index (χ2n) is 8.59. The van der Waals surface area contributed by atoms with Gasteiger partial charge in [0, 0.05) is 14.7 Å². The van der Waals surface area contributed by atoms with Gasteiger partial charge in [0.2, 0.25) is 0 Å². The van der Waals surface area contributed by atoms with Gasteiger partial charge in [-0.25, -0.2) is 0 Å². The Bertz CT molecular complexity index is 918. The van der Waals surface area contributed by atoms with Crippen molar-refractivity contribution >= 4 is 42.6 Å². The minimum atomic E-state index is -0.922. The third-order valence-electron chi connectivity index (χ3n) is 5.48. The summed E-state index contributed by atoms with van der Waals surface area (Å²) in [4.78, 5) is 3.30. The molecule has 0 aliphatic rings. The summed E-state index contributed by atoms with van der Waals surface area (Å²) in [7, 11) is -0.922. The summed E-state index contributed by atoms with van der Waals surface area (Å²) < 4.78 is 19.4. The quantitative estimate of drug-likeness (QED) is 0.0883. The van der Waals surface area contributed by atoms with Crippen molar-refractivity contribution in [1.29, 1.82) is 0 Å². The van der Waals surface area contributed by atoms with Crippen LogP contribution in [0.25, 0.3) is 0 Å². The third kappa shape index (κ3) is 10.5. The molecule has 3 aromatic rings. The van der Waals surface area contributed by atoms with Crippen LogP contribution in [0, 0.1) is 0 Å². The molecule has 0 heterocycles. The van der Waals surface area contributed by atoms with Gasteiger partial charge in [0.25, 0.3) is 0 Å². The highest BCUT2D eigenvalue weighted by molar-refractivity contribution is 7.99. The summed E-state index contributed by atoms with van der Waals surface area (Å²) in [6.45, 7) is 6.64. The second-order valence-corrected chi connectivity index (χ2v) is 12.0. The van der Waals surface area contributed by atoms with Crippen LogP contribution in [-0.4, -0.2) is 24.6 Å². The van der Waals surface area contributed by atoms with Gasteiger partial charge in [0.15, 0.2) is 0 Å². The molecule has 7 heteroatoms. The highest BCUT2D eigenvalue weighted by Gasteiger charge is 2.33.